The third-order valence-electron chi connectivity index (χ3n) is 2.09. The lowest BCUT2D eigenvalue weighted by Gasteiger charge is -2.20. The first-order chi connectivity index (χ1) is 4.41. The smallest absolute Gasteiger partial charge is 0.159 e. The molecular weight excluding hydrogens is 116 g/mol. The standard InChI is InChI=1S/C6H11N2O/c1-2-5-8(4-1)6-3-7-9-8/h3H,1-2,4-6H2/q+1. The van der Waals surface area contributed by atoms with Crippen LogP contribution in [0.4, 0.5) is 0 Å². The molecule has 9 heavy (non-hydrogen) atoms. The lowest BCUT2D eigenvalue weighted by molar-refractivity contribution is -1.09. The largest absolute Gasteiger partial charge is 0.198 e. The second-order valence-corrected chi connectivity index (χ2v) is 2.76. The van der Waals surface area contributed by atoms with E-state index < -0.39 is 0 Å². The third kappa shape index (κ3) is 0.721. The van der Waals surface area contributed by atoms with Gasteiger partial charge < -0.3 is 0 Å². The van der Waals surface area contributed by atoms with Gasteiger partial charge in [-0.2, -0.15) is 4.94 Å². The van der Waals surface area contributed by atoms with Crippen molar-refractivity contribution >= 4 is 6.21 Å². The Bertz CT molecular complexity index is 128. The molecule has 0 aromatic heterocycles. The quantitative estimate of drug-likeness (QED) is 0.435. The Hall–Kier alpha value is -0.570. The van der Waals surface area contributed by atoms with E-state index >= 15 is 0 Å². The van der Waals surface area contributed by atoms with Gasteiger partial charge in [-0.1, -0.05) is 0 Å². The molecule has 3 nitrogen and oxygen atoms in total. The summed E-state index contributed by atoms with van der Waals surface area (Å²) in [5, 5.41) is 3.77. The first-order valence-electron chi connectivity index (χ1n) is 3.48. The molecule has 0 N–H and O–H groups in total. The maximum Gasteiger partial charge on any atom is 0.159 e. The monoisotopic (exact) mass is 127 g/mol. The zero-order chi connectivity index (χ0) is 6.16. The van der Waals surface area contributed by atoms with Gasteiger partial charge in [0.05, 0.1) is 0 Å². The Labute approximate surface area is 54.4 Å². The van der Waals surface area contributed by atoms with Crippen LogP contribution in [0.1, 0.15) is 12.8 Å². The fourth-order valence-corrected chi connectivity index (χ4v) is 1.52. The van der Waals surface area contributed by atoms with E-state index in [2.05, 4.69) is 5.16 Å². The average Bonchev–Trinajstić information content (AvgIpc) is 2.45. The maximum absolute atomic E-state index is 5.21. The normalized spacial score (nSPS) is 29.3. The van der Waals surface area contributed by atoms with Crippen molar-refractivity contribution in [3.63, 3.8) is 0 Å². The molecule has 1 fully saturated rings. The molecule has 0 saturated carbocycles. The molecule has 0 unspecified atom stereocenters. The minimum atomic E-state index is 0.778. The van der Waals surface area contributed by atoms with Crippen LogP contribution in [0, 0.1) is 0 Å². The fourth-order valence-electron chi connectivity index (χ4n) is 1.52. The SMILES string of the molecule is C1=NO[N+]2(C1)CCCC2. The molecule has 1 saturated heterocycles. The van der Waals surface area contributed by atoms with Gasteiger partial charge in [-0.25, -0.2) is 0 Å². The topological polar surface area (TPSA) is 21.6 Å². The maximum atomic E-state index is 5.21. The number of nitrogens with zero attached hydrogens (tertiary/aromatic N) is 2. The minimum absolute atomic E-state index is 0.778. The van der Waals surface area contributed by atoms with Crippen LogP contribution < -0.4 is 0 Å². The van der Waals surface area contributed by atoms with E-state index in [1.54, 1.807) is 0 Å². The van der Waals surface area contributed by atoms with Crippen molar-refractivity contribution in [2.24, 2.45) is 5.16 Å². The third-order valence-corrected chi connectivity index (χ3v) is 2.09. The summed E-state index contributed by atoms with van der Waals surface area (Å²) in [6, 6.07) is 0. The van der Waals surface area contributed by atoms with E-state index in [4.69, 9.17) is 4.94 Å². The number of hydroxylamine groups is 3. The zero-order valence-corrected chi connectivity index (χ0v) is 5.42. The molecule has 2 aliphatic heterocycles. The first-order valence-corrected chi connectivity index (χ1v) is 3.48. The summed E-state index contributed by atoms with van der Waals surface area (Å²) in [6.45, 7) is 3.29. The van der Waals surface area contributed by atoms with Crippen molar-refractivity contribution in [1.82, 2.24) is 0 Å². The number of hydrogen-bond donors (Lipinski definition) is 0. The minimum Gasteiger partial charge on any atom is -0.198 e. The zero-order valence-electron chi connectivity index (χ0n) is 5.42. The number of hydrogen-bond acceptors (Lipinski definition) is 2. The van der Waals surface area contributed by atoms with Crippen LogP contribution in [0.25, 0.3) is 0 Å². The van der Waals surface area contributed by atoms with Gasteiger partial charge in [-0.3, -0.25) is 0 Å². The van der Waals surface area contributed by atoms with E-state index in [1.165, 1.54) is 12.8 Å². The molecule has 3 heteroatoms. The Kier molecular flexibility index (Phi) is 0.990. The molecular formula is C6H11N2O+. The Balaban J connectivity index is 2.07. The molecule has 0 radical (unpaired) electrons. The van der Waals surface area contributed by atoms with Crippen molar-refractivity contribution in [2.45, 2.75) is 12.8 Å². The molecule has 0 aliphatic carbocycles. The van der Waals surface area contributed by atoms with Gasteiger partial charge >= 0.3 is 0 Å². The highest BCUT2D eigenvalue weighted by Crippen LogP contribution is 2.21. The molecule has 1 spiro atoms. The molecule has 2 aliphatic rings. The summed E-state index contributed by atoms with van der Waals surface area (Å²) in [5.74, 6) is 0. The predicted octanol–water partition coefficient (Wildman–Crippen LogP) is 0.528. The lowest BCUT2D eigenvalue weighted by Crippen LogP contribution is -2.41. The van der Waals surface area contributed by atoms with Gasteiger partial charge in [0.2, 0.25) is 0 Å². The summed E-state index contributed by atoms with van der Waals surface area (Å²) in [4.78, 5) is 5.21. The van der Waals surface area contributed by atoms with Crippen molar-refractivity contribution in [1.29, 1.82) is 0 Å². The van der Waals surface area contributed by atoms with Gasteiger partial charge in [-0.15, -0.1) is 4.65 Å². The summed E-state index contributed by atoms with van der Waals surface area (Å²) in [6.07, 6.45) is 4.46. The number of rotatable bonds is 0. The summed E-state index contributed by atoms with van der Waals surface area (Å²) < 4.78 is 0.778. The molecule has 0 atom stereocenters. The van der Waals surface area contributed by atoms with Gasteiger partial charge in [0.1, 0.15) is 19.3 Å². The van der Waals surface area contributed by atoms with Crippen LogP contribution in [-0.2, 0) is 4.94 Å². The van der Waals surface area contributed by atoms with E-state index in [1.807, 2.05) is 6.21 Å². The van der Waals surface area contributed by atoms with Crippen LogP contribution in [0.5, 0.6) is 0 Å². The van der Waals surface area contributed by atoms with Gasteiger partial charge in [0.15, 0.2) is 6.54 Å². The second kappa shape index (κ2) is 1.70. The molecule has 50 valence electrons. The summed E-state index contributed by atoms with van der Waals surface area (Å²) in [5.41, 5.74) is 0. The van der Waals surface area contributed by atoms with Crippen molar-refractivity contribution in [2.75, 3.05) is 19.6 Å². The van der Waals surface area contributed by atoms with E-state index in [-0.39, 0.29) is 0 Å². The average molecular weight is 127 g/mol. The van der Waals surface area contributed by atoms with Crippen molar-refractivity contribution in [3.05, 3.63) is 0 Å². The molecule has 0 aromatic rings. The van der Waals surface area contributed by atoms with Crippen molar-refractivity contribution < 1.29 is 9.58 Å². The first kappa shape index (κ1) is 5.23. The van der Waals surface area contributed by atoms with E-state index in [0.717, 1.165) is 24.3 Å². The second-order valence-electron chi connectivity index (χ2n) is 2.76. The predicted molar refractivity (Wildman–Crippen MR) is 33.7 cm³/mol. The van der Waals surface area contributed by atoms with E-state index in [9.17, 15) is 0 Å². The molecule has 0 amide bonds. The highest BCUT2D eigenvalue weighted by atomic mass is 16.8. The van der Waals surface area contributed by atoms with Crippen LogP contribution in [0.3, 0.4) is 0 Å². The van der Waals surface area contributed by atoms with Gasteiger partial charge in [0, 0.05) is 12.8 Å². The fraction of sp³-hybridized carbons (Fsp3) is 0.833. The number of oxime groups is 1. The Morgan fingerprint density at radius 1 is 1.33 bits per heavy atom. The lowest BCUT2D eigenvalue weighted by atomic mass is 10.4. The summed E-state index contributed by atoms with van der Waals surface area (Å²) >= 11 is 0. The molecule has 2 rings (SSSR count). The van der Waals surface area contributed by atoms with Crippen LogP contribution >= 0.6 is 0 Å². The highest BCUT2D eigenvalue weighted by Gasteiger charge is 2.37. The van der Waals surface area contributed by atoms with Gasteiger partial charge in [0.25, 0.3) is 0 Å². The Morgan fingerprint density at radius 3 is 2.67 bits per heavy atom. The summed E-state index contributed by atoms with van der Waals surface area (Å²) in [7, 11) is 0. The van der Waals surface area contributed by atoms with E-state index in [0.29, 0.717) is 0 Å². The number of quaternary nitrogens is 1. The van der Waals surface area contributed by atoms with Crippen molar-refractivity contribution in [3.8, 4) is 0 Å². The highest BCUT2D eigenvalue weighted by molar-refractivity contribution is 5.58. The molecule has 2 heterocycles. The van der Waals surface area contributed by atoms with Crippen LogP contribution in [-0.4, -0.2) is 30.5 Å². The molecule has 0 aromatic carbocycles. The van der Waals surface area contributed by atoms with Crippen LogP contribution in [0.2, 0.25) is 0 Å². The Morgan fingerprint density at radius 2 is 2.11 bits per heavy atom. The molecule has 0 bridgehead atoms. The van der Waals surface area contributed by atoms with Crippen LogP contribution in [0.15, 0.2) is 5.16 Å². The van der Waals surface area contributed by atoms with Gasteiger partial charge in [-0.05, 0) is 5.16 Å².